The number of ether oxygens (including phenoxy) is 1. The second-order valence-electron chi connectivity index (χ2n) is 4.09. The molecule has 2 N–H and O–H groups in total. The van der Waals surface area contributed by atoms with Crippen molar-refractivity contribution >= 4 is 29.9 Å². The Labute approximate surface area is 132 Å². The maximum absolute atomic E-state index is 5.09. The molecule has 0 amide bonds. The third kappa shape index (κ3) is 6.60. The first-order chi connectivity index (χ1) is 8.69. The van der Waals surface area contributed by atoms with Crippen molar-refractivity contribution in [2.45, 2.75) is 32.9 Å². The van der Waals surface area contributed by atoms with Crippen molar-refractivity contribution in [3.8, 4) is 5.88 Å². The SMILES string of the molecule is CCC(C)NC(=NC)NCc1ccnc(OC)c1.I. The number of rotatable bonds is 5. The average Bonchev–Trinajstić information content (AvgIpc) is 2.43. The van der Waals surface area contributed by atoms with Crippen molar-refractivity contribution < 1.29 is 4.74 Å². The van der Waals surface area contributed by atoms with E-state index in [1.165, 1.54) is 0 Å². The molecule has 0 spiro atoms. The highest BCUT2D eigenvalue weighted by atomic mass is 127. The quantitative estimate of drug-likeness (QED) is 0.469. The van der Waals surface area contributed by atoms with Crippen LogP contribution in [0.5, 0.6) is 5.88 Å². The Morgan fingerprint density at radius 2 is 2.26 bits per heavy atom. The van der Waals surface area contributed by atoms with E-state index in [0.717, 1.165) is 17.9 Å². The van der Waals surface area contributed by atoms with Crippen LogP contribution in [0, 0.1) is 0 Å². The summed E-state index contributed by atoms with van der Waals surface area (Å²) in [5.74, 6) is 1.43. The summed E-state index contributed by atoms with van der Waals surface area (Å²) in [5.41, 5.74) is 1.11. The molecule has 0 aromatic carbocycles. The van der Waals surface area contributed by atoms with Crippen LogP contribution in [0.15, 0.2) is 23.3 Å². The molecule has 0 aliphatic rings. The number of aliphatic imine (C=N–C) groups is 1. The van der Waals surface area contributed by atoms with Gasteiger partial charge < -0.3 is 15.4 Å². The number of nitrogens with one attached hydrogen (secondary N) is 2. The van der Waals surface area contributed by atoms with Crippen molar-refractivity contribution in [3.05, 3.63) is 23.9 Å². The number of methoxy groups -OCH3 is 1. The van der Waals surface area contributed by atoms with E-state index in [9.17, 15) is 0 Å². The Balaban J connectivity index is 0.00000324. The summed E-state index contributed by atoms with van der Waals surface area (Å²) >= 11 is 0. The molecule has 0 fully saturated rings. The van der Waals surface area contributed by atoms with Gasteiger partial charge in [-0.25, -0.2) is 4.98 Å². The van der Waals surface area contributed by atoms with Gasteiger partial charge in [-0.2, -0.15) is 0 Å². The second kappa shape index (κ2) is 9.82. The summed E-state index contributed by atoms with van der Waals surface area (Å²) in [6.45, 7) is 4.95. The van der Waals surface area contributed by atoms with Gasteiger partial charge in [0, 0.05) is 31.9 Å². The molecule has 1 atom stereocenters. The molecule has 1 aromatic heterocycles. The van der Waals surface area contributed by atoms with Crippen LogP contribution in [0.3, 0.4) is 0 Å². The molecule has 0 saturated heterocycles. The van der Waals surface area contributed by atoms with E-state index >= 15 is 0 Å². The highest BCUT2D eigenvalue weighted by Gasteiger charge is 2.03. The average molecular weight is 378 g/mol. The first-order valence-corrected chi connectivity index (χ1v) is 6.15. The maximum Gasteiger partial charge on any atom is 0.213 e. The van der Waals surface area contributed by atoms with Gasteiger partial charge >= 0.3 is 0 Å². The highest BCUT2D eigenvalue weighted by Crippen LogP contribution is 2.07. The van der Waals surface area contributed by atoms with Crippen LogP contribution in [0.25, 0.3) is 0 Å². The maximum atomic E-state index is 5.09. The molecule has 0 aliphatic heterocycles. The number of pyridine rings is 1. The summed E-state index contributed by atoms with van der Waals surface area (Å²) in [6, 6.07) is 4.26. The van der Waals surface area contributed by atoms with Crippen LogP contribution in [-0.4, -0.2) is 31.1 Å². The number of aromatic nitrogens is 1. The molecule has 0 saturated carbocycles. The first kappa shape index (κ1) is 17.9. The molecule has 5 nitrogen and oxygen atoms in total. The van der Waals surface area contributed by atoms with Gasteiger partial charge in [-0.05, 0) is 25.0 Å². The van der Waals surface area contributed by atoms with Crippen LogP contribution in [0.2, 0.25) is 0 Å². The van der Waals surface area contributed by atoms with Gasteiger partial charge in [0.2, 0.25) is 5.88 Å². The molecule has 19 heavy (non-hydrogen) atoms. The monoisotopic (exact) mass is 378 g/mol. The van der Waals surface area contributed by atoms with Crippen molar-refractivity contribution in [2.24, 2.45) is 4.99 Å². The second-order valence-corrected chi connectivity index (χ2v) is 4.09. The van der Waals surface area contributed by atoms with Crippen LogP contribution in [-0.2, 0) is 6.54 Å². The fraction of sp³-hybridized carbons (Fsp3) is 0.538. The van der Waals surface area contributed by atoms with Crippen molar-refractivity contribution in [2.75, 3.05) is 14.2 Å². The third-order valence-electron chi connectivity index (χ3n) is 2.69. The Kier molecular flexibility index (Phi) is 9.28. The smallest absolute Gasteiger partial charge is 0.213 e. The highest BCUT2D eigenvalue weighted by molar-refractivity contribution is 14.0. The molecular weight excluding hydrogens is 355 g/mol. The van der Waals surface area contributed by atoms with E-state index in [-0.39, 0.29) is 24.0 Å². The lowest BCUT2D eigenvalue weighted by Gasteiger charge is -2.16. The number of halogens is 1. The van der Waals surface area contributed by atoms with E-state index in [0.29, 0.717) is 18.5 Å². The molecule has 108 valence electrons. The van der Waals surface area contributed by atoms with Crippen LogP contribution >= 0.6 is 24.0 Å². The zero-order valence-electron chi connectivity index (χ0n) is 11.9. The number of nitrogens with zero attached hydrogens (tertiary/aromatic N) is 2. The van der Waals surface area contributed by atoms with Gasteiger partial charge in [0.15, 0.2) is 5.96 Å². The van der Waals surface area contributed by atoms with Crippen molar-refractivity contribution in [1.82, 2.24) is 15.6 Å². The topological polar surface area (TPSA) is 58.5 Å². The summed E-state index contributed by atoms with van der Waals surface area (Å²) in [6.07, 6.45) is 2.80. The van der Waals surface area contributed by atoms with Crippen LogP contribution in [0.4, 0.5) is 0 Å². The molecule has 0 aliphatic carbocycles. The summed E-state index contributed by atoms with van der Waals surface area (Å²) in [4.78, 5) is 8.25. The molecule has 6 heteroatoms. The summed E-state index contributed by atoms with van der Waals surface area (Å²) in [5, 5.41) is 6.56. The van der Waals surface area contributed by atoms with E-state index in [1.54, 1.807) is 20.4 Å². The zero-order valence-corrected chi connectivity index (χ0v) is 14.3. The molecule has 1 unspecified atom stereocenters. The predicted octanol–water partition coefficient (Wildman–Crippen LogP) is 2.17. The van der Waals surface area contributed by atoms with E-state index in [2.05, 4.69) is 34.5 Å². The van der Waals surface area contributed by atoms with Gasteiger partial charge in [-0.3, -0.25) is 4.99 Å². The molecule has 0 radical (unpaired) electrons. The molecular formula is C13H23IN4O. The lowest BCUT2D eigenvalue weighted by Crippen LogP contribution is -2.41. The molecule has 1 aromatic rings. The van der Waals surface area contributed by atoms with E-state index < -0.39 is 0 Å². The third-order valence-corrected chi connectivity index (χ3v) is 2.69. The summed E-state index contributed by atoms with van der Waals surface area (Å²) in [7, 11) is 3.38. The molecule has 1 heterocycles. The van der Waals surface area contributed by atoms with Crippen molar-refractivity contribution in [3.63, 3.8) is 0 Å². The largest absolute Gasteiger partial charge is 0.481 e. The lowest BCUT2D eigenvalue weighted by molar-refractivity contribution is 0.397. The Bertz CT molecular complexity index is 398. The summed E-state index contributed by atoms with van der Waals surface area (Å²) < 4.78 is 5.09. The molecule has 0 bridgehead atoms. The minimum absolute atomic E-state index is 0. The van der Waals surface area contributed by atoms with Gasteiger partial charge in [0.05, 0.1) is 7.11 Å². The zero-order chi connectivity index (χ0) is 13.4. The van der Waals surface area contributed by atoms with Crippen LogP contribution in [0.1, 0.15) is 25.8 Å². The fourth-order valence-electron chi connectivity index (χ4n) is 1.39. The fourth-order valence-corrected chi connectivity index (χ4v) is 1.39. The number of hydrogen-bond acceptors (Lipinski definition) is 3. The first-order valence-electron chi connectivity index (χ1n) is 6.15. The van der Waals surface area contributed by atoms with E-state index in [1.807, 2.05) is 12.1 Å². The van der Waals surface area contributed by atoms with Gasteiger partial charge in [-0.1, -0.05) is 6.92 Å². The predicted molar refractivity (Wildman–Crippen MR) is 89.3 cm³/mol. The van der Waals surface area contributed by atoms with Crippen molar-refractivity contribution in [1.29, 1.82) is 0 Å². The van der Waals surface area contributed by atoms with E-state index in [4.69, 9.17) is 4.74 Å². The number of guanidine groups is 1. The minimum Gasteiger partial charge on any atom is -0.481 e. The Morgan fingerprint density at radius 1 is 1.53 bits per heavy atom. The van der Waals surface area contributed by atoms with Gasteiger partial charge in [0.25, 0.3) is 0 Å². The lowest BCUT2D eigenvalue weighted by atomic mass is 10.2. The van der Waals surface area contributed by atoms with Gasteiger partial charge in [0.1, 0.15) is 0 Å². The van der Waals surface area contributed by atoms with Crippen LogP contribution < -0.4 is 15.4 Å². The normalized spacial score (nSPS) is 12.3. The van der Waals surface area contributed by atoms with Gasteiger partial charge in [-0.15, -0.1) is 24.0 Å². The Morgan fingerprint density at radius 3 is 2.84 bits per heavy atom. The minimum atomic E-state index is 0. The molecule has 1 rings (SSSR count). The number of hydrogen-bond donors (Lipinski definition) is 2. The Hall–Kier alpha value is -1.05. The standard InChI is InChI=1S/C13H22N4O.HI/c1-5-10(2)17-13(14-3)16-9-11-6-7-15-12(8-11)18-4;/h6-8,10H,5,9H2,1-4H3,(H2,14,16,17);1H.